The Balaban J connectivity index is 2.74. The zero-order valence-electron chi connectivity index (χ0n) is 8.33. The summed E-state index contributed by atoms with van der Waals surface area (Å²) in [5.74, 6) is 0.625. The van der Waals surface area contributed by atoms with E-state index in [1.54, 1.807) is 0 Å². The molecule has 0 saturated heterocycles. The Hall–Kier alpha value is -1.24. The van der Waals surface area contributed by atoms with Crippen molar-refractivity contribution in [2.24, 2.45) is 5.92 Å². The van der Waals surface area contributed by atoms with Crippen molar-refractivity contribution in [2.45, 2.75) is 20.3 Å². The zero-order chi connectivity index (χ0) is 9.68. The number of hydrogen-bond donors (Lipinski definition) is 1. The molecule has 1 aromatic carbocycles. The van der Waals surface area contributed by atoms with Gasteiger partial charge < -0.3 is 5.73 Å². The van der Waals surface area contributed by atoms with Crippen LogP contribution in [0.1, 0.15) is 25.8 Å². The molecule has 0 aliphatic carbocycles. The molecule has 0 aliphatic rings. The number of nitrogens with two attached hydrogens (primary N) is 1. The van der Waals surface area contributed by atoms with Gasteiger partial charge in [0.25, 0.3) is 0 Å². The molecular weight excluding hydrogens is 158 g/mol. The molecule has 0 fully saturated rings. The van der Waals surface area contributed by atoms with Gasteiger partial charge in [0.05, 0.1) is 0 Å². The summed E-state index contributed by atoms with van der Waals surface area (Å²) in [6.45, 7) is 4.39. The van der Waals surface area contributed by atoms with E-state index in [9.17, 15) is 0 Å². The molecule has 0 spiro atoms. The predicted octanol–water partition coefficient (Wildman–Crippen LogP) is 3.33. The first-order chi connectivity index (χ1) is 6.24. The number of hydrogen-bond acceptors (Lipinski definition) is 1. The number of nitrogen functional groups attached to an aromatic ring is 1. The van der Waals surface area contributed by atoms with Crippen LogP contribution in [0.3, 0.4) is 0 Å². The molecule has 0 bridgehead atoms. The van der Waals surface area contributed by atoms with Gasteiger partial charge in [-0.2, -0.15) is 0 Å². The van der Waals surface area contributed by atoms with Crippen LogP contribution in [0.25, 0.3) is 6.08 Å². The first kappa shape index (κ1) is 9.85. The topological polar surface area (TPSA) is 26.0 Å². The second-order valence-electron chi connectivity index (χ2n) is 3.37. The number of rotatable bonds is 3. The van der Waals surface area contributed by atoms with E-state index in [1.807, 2.05) is 24.3 Å². The van der Waals surface area contributed by atoms with E-state index >= 15 is 0 Å². The fourth-order valence-electron chi connectivity index (χ4n) is 1.07. The average molecular weight is 175 g/mol. The molecular formula is C12H17N. The van der Waals surface area contributed by atoms with Crippen molar-refractivity contribution in [3.05, 3.63) is 35.9 Å². The molecule has 0 radical (unpaired) electrons. The molecule has 1 rings (SSSR count). The Morgan fingerprint density at radius 2 is 2.08 bits per heavy atom. The fourth-order valence-corrected chi connectivity index (χ4v) is 1.07. The molecule has 0 heterocycles. The molecule has 1 unspecified atom stereocenters. The van der Waals surface area contributed by atoms with E-state index in [1.165, 1.54) is 6.42 Å². The van der Waals surface area contributed by atoms with Crippen molar-refractivity contribution in [1.29, 1.82) is 0 Å². The second-order valence-corrected chi connectivity index (χ2v) is 3.37. The van der Waals surface area contributed by atoms with Gasteiger partial charge in [0.1, 0.15) is 0 Å². The van der Waals surface area contributed by atoms with Crippen molar-refractivity contribution in [3.8, 4) is 0 Å². The highest BCUT2D eigenvalue weighted by Crippen LogP contribution is 2.14. The highest BCUT2D eigenvalue weighted by atomic mass is 14.5. The van der Waals surface area contributed by atoms with Crippen LogP contribution < -0.4 is 5.73 Å². The summed E-state index contributed by atoms with van der Waals surface area (Å²) in [6.07, 6.45) is 5.47. The summed E-state index contributed by atoms with van der Waals surface area (Å²) in [7, 11) is 0. The minimum absolute atomic E-state index is 0.625. The summed E-state index contributed by atoms with van der Waals surface area (Å²) < 4.78 is 0. The van der Waals surface area contributed by atoms with E-state index in [2.05, 4.69) is 26.0 Å². The lowest BCUT2D eigenvalue weighted by Crippen LogP contribution is -1.89. The summed E-state index contributed by atoms with van der Waals surface area (Å²) in [5.41, 5.74) is 7.76. The molecule has 70 valence electrons. The Morgan fingerprint density at radius 3 is 2.69 bits per heavy atom. The quantitative estimate of drug-likeness (QED) is 0.701. The Labute approximate surface area is 80.3 Å². The van der Waals surface area contributed by atoms with Crippen LogP contribution in [0, 0.1) is 5.92 Å². The van der Waals surface area contributed by atoms with Crippen molar-refractivity contribution in [2.75, 3.05) is 5.73 Å². The molecule has 1 nitrogen and oxygen atoms in total. The lowest BCUT2D eigenvalue weighted by atomic mass is 10.1. The molecule has 1 atom stereocenters. The smallest absolute Gasteiger partial charge is 0.0387 e. The number of para-hydroxylation sites is 1. The largest absolute Gasteiger partial charge is 0.398 e. The van der Waals surface area contributed by atoms with Gasteiger partial charge in [-0.1, -0.05) is 50.6 Å². The molecule has 1 heteroatoms. The predicted molar refractivity (Wildman–Crippen MR) is 59.3 cm³/mol. The van der Waals surface area contributed by atoms with Gasteiger partial charge in [-0.05, 0) is 17.5 Å². The Morgan fingerprint density at radius 1 is 1.38 bits per heavy atom. The standard InChI is InChI=1S/C12H17N/c1-3-10(2)8-9-11-6-4-5-7-12(11)13/h4-10H,3,13H2,1-2H3/b9-8+. The van der Waals surface area contributed by atoms with Gasteiger partial charge >= 0.3 is 0 Å². The molecule has 0 aliphatic heterocycles. The van der Waals surface area contributed by atoms with Crippen LogP contribution in [0.5, 0.6) is 0 Å². The van der Waals surface area contributed by atoms with Crippen molar-refractivity contribution in [3.63, 3.8) is 0 Å². The number of benzene rings is 1. The van der Waals surface area contributed by atoms with E-state index in [-0.39, 0.29) is 0 Å². The number of anilines is 1. The highest BCUT2D eigenvalue weighted by molar-refractivity contribution is 5.64. The first-order valence-electron chi connectivity index (χ1n) is 4.76. The van der Waals surface area contributed by atoms with Gasteiger partial charge in [-0.15, -0.1) is 0 Å². The maximum Gasteiger partial charge on any atom is 0.0387 e. The van der Waals surface area contributed by atoms with Gasteiger partial charge in [-0.25, -0.2) is 0 Å². The minimum Gasteiger partial charge on any atom is -0.398 e. The third-order valence-electron chi connectivity index (χ3n) is 2.24. The van der Waals surface area contributed by atoms with E-state index in [4.69, 9.17) is 5.73 Å². The van der Waals surface area contributed by atoms with Crippen molar-refractivity contribution >= 4 is 11.8 Å². The van der Waals surface area contributed by atoms with Crippen molar-refractivity contribution in [1.82, 2.24) is 0 Å². The third kappa shape index (κ3) is 2.94. The van der Waals surface area contributed by atoms with Gasteiger partial charge in [0, 0.05) is 5.69 Å². The molecule has 1 aromatic rings. The molecule has 0 saturated carbocycles. The average Bonchev–Trinajstić information content (AvgIpc) is 2.16. The second kappa shape index (κ2) is 4.70. The van der Waals surface area contributed by atoms with Crippen molar-refractivity contribution < 1.29 is 0 Å². The van der Waals surface area contributed by atoms with Gasteiger partial charge in [0.2, 0.25) is 0 Å². The molecule has 0 aromatic heterocycles. The molecule has 0 amide bonds. The summed E-state index contributed by atoms with van der Waals surface area (Å²) in [5, 5.41) is 0. The molecule has 2 N–H and O–H groups in total. The van der Waals surface area contributed by atoms with Crippen LogP contribution >= 0.6 is 0 Å². The minimum atomic E-state index is 0.625. The first-order valence-corrected chi connectivity index (χ1v) is 4.76. The van der Waals surface area contributed by atoms with Gasteiger partial charge in [0.15, 0.2) is 0 Å². The summed E-state index contributed by atoms with van der Waals surface area (Å²) in [6, 6.07) is 7.92. The van der Waals surface area contributed by atoms with E-state index in [0.29, 0.717) is 5.92 Å². The Kier molecular flexibility index (Phi) is 3.56. The highest BCUT2D eigenvalue weighted by Gasteiger charge is 1.94. The van der Waals surface area contributed by atoms with E-state index in [0.717, 1.165) is 11.3 Å². The third-order valence-corrected chi connectivity index (χ3v) is 2.24. The SMILES string of the molecule is CCC(C)/C=C/c1ccccc1N. The van der Waals surface area contributed by atoms with Crippen LogP contribution in [-0.4, -0.2) is 0 Å². The van der Waals surface area contributed by atoms with Crippen LogP contribution in [0.2, 0.25) is 0 Å². The van der Waals surface area contributed by atoms with E-state index < -0.39 is 0 Å². The van der Waals surface area contributed by atoms with Gasteiger partial charge in [-0.3, -0.25) is 0 Å². The normalized spacial score (nSPS) is 13.4. The molecule has 13 heavy (non-hydrogen) atoms. The zero-order valence-corrected chi connectivity index (χ0v) is 8.33. The monoisotopic (exact) mass is 175 g/mol. The lowest BCUT2D eigenvalue weighted by Gasteiger charge is -2.01. The summed E-state index contributed by atoms with van der Waals surface area (Å²) >= 11 is 0. The maximum atomic E-state index is 5.80. The maximum absolute atomic E-state index is 5.80. The van der Waals surface area contributed by atoms with Crippen LogP contribution in [0.15, 0.2) is 30.3 Å². The number of allylic oxidation sites excluding steroid dienone is 1. The summed E-state index contributed by atoms with van der Waals surface area (Å²) in [4.78, 5) is 0. The van der Waals surface area contributed by atoms with Crippen LogP contribution in [-0.2, 0) is 0 Å². The Bertz CT molecular complexity index is 289. The lowest BCUT2D eigenvalue weighted by molar-refractivity contribution is 0.701. The van der Waals surface area contributed by atoms with Crippen LogP contribution in [0.4, 0.5) is 5.69 Å². The fraction of sp³-hybridized carbons (Fsp3) is 0.333.